The van der Waals surface area contributed by atoms with Gasteiger partial charge in [-0.05, 0) is 75.7 Å². The minimum atomic E-state index is -0.0156. The number of nitrogens with one attached hydrogen (secondary N) is 1. The molecular formula is C20H36N2O. The van der Waals surface area contributed by atoms with Crippen LogP contribution in [-0.2, 0) is 0 Å². The van der Waals surface area contributed by atoms with Gasteiger partial charge in [0.25, 0.3) is 0 Å². The summed E-state index contributed by atoms with van der Waals surface area (Å²) in [5, 5.41) is 14.3. The van der Waals surface area contributed by atoms with Crippen molar-refractivity contribution in [3.8, 4) is 0 Å². The van der Waals surface area contributed by atoms with Crippen LogP contribution in [0, 0.1) is 17.8 Å². The van der Waals surface area contributed by atoms with Crippen molar-refractivity contribution in [3.05, 3.63) is 0 Å². The summed E-state index contributed by atoms with van der Waals surface area (Å²) in [6.07, 6.45) is 14.9. The van der Waals surface area contributed by atoms with Gasteiger partial charge in [-0.2, -0.15) is 0 Å². The molecule has 4 aliphatic rings. The number of aliphatic hydroxyl groups excluding tert-OH is 1. The molecule has 0 bridgehead atoms. The summed E-state index contributed by atoms with van der Waals surface area (Å²) < 4.78 is 0. The van der Waals surface area contributed by atoms with Crippen molar-refractivity contribution in [1.29, 1.82) is 0 Å². The molecule has 3 heteroatoms. The lowest BCUT2D eigenvalue weighted by atomic mass is 9.86. The smallest absolute Gasteiger partial charge is 0.0571 e. The van der Waals surface area contributed by atoms with E-state index in [-0.39, 0.29) is 6.10 Å². The van der Waals surface area contributed by atoms with Crippen molar-refractivity contribution in [2.45, 2.75) is 88.8 Å². The highest BCUT2D eigenvalue weighted by Gasteiger charge is 2.38. The summed E-state index contributed by atoms with van der Waals surface area (Å²) in [5.74, 6) is 2.28. The second-order valence-electron chi connectivity index (χ2n) is 9.04. The second kappa shape index (κ2) is 7.41. The van der Waals surface area contributed by atoms with Crippen molar-refractivity contribution in [3.63, 3.8) is 0 Å². The van der Waals surface area contributed by atoms with E-state index in [4.69, 9.17) is 0 Å². The Hall–Kier alpha value is -0.120. The molecule has 2 N–H and O–H groups in total. The Morgan fingerprint density at radius 2 is 1.70 bits per heavy atom. The van der Waals surface area contributed by atoms with E-state index in [1.165, 1.54) is 83.8 Å². The third-order valence-corrected chi connectivity index (χ3v) is 6.79. The Kier molecular flexibility index (Phi) is 5.27. The van der Waals surface area contributed by atoms with Gasteiger partial charge >= 0.3 is 0 Å². The van der Waals surface area contributed by atoms with Crippen LogP contribution in [0.2, 0.25) is 0 Å². The van der Waals surface area contributed by atoms with E-state index < -0.39 is 0 Å². The number of aliphatic hydroxyl groups is 1. The van der Waals surface area contributed by atoms with Gasteiger partial charge in [-0.3, -0.25) is 4.90 Å². The molecular weight excluding hydrogens is 284 g/mol. The summed E-state index contributed by atoms with van der Waals surface area (Å²) in [5.41, 5.74) is 0. The number of piperidine rings is 1. The van der Waals surface area contributed by atoms with Crippen LogP contribution in [-0.4, -0.2) is 47.8 Å². The fraction of sp³-hybridized carbons (Fsp3) is 1.00. The largest absolute Gasteiger partial charge is 0.393 e. The topological polar surface area (TPSA) is 35.5 Å². The average molecular weight is 321 g/mol. The van der Waals surface area contributed by atoms with Gasteiger partial charge in [0.2, 0.25) is 0 Å². The number of hydrogen-bond acceptors (Lipinski definition) is 3. The molecule has 3 aliphatic carbocycles. The third-order valence-electron chi connectivity index (χ3n) is 6.79. The maximum atomic E-state index is 10.4. The van der Waals surface area contributed by atoms with Crippen LogP contribution < -0.4 is 5.32 Å². The first kappa shape index (κ1) is 16.4. The molecule has 0 spiro atoms. The highest BCUT2D eigenvalue weighted by molar-refractivity contribution is 4.94. The van der Waals surface area contributed by atoms with E-state index in [9.17, 15) is 5.11 Å². The lowest BCUT2D eigenvalue weighted by Gasteiger charge is -2.40. The minimum absolute atomic E-state index is 0.0156. The van der Waals surface area contributed by atoms with E-state index in [1.54, 1.807) is 0 Å². The normalized spacial score (nSPS) is 35.3. The zero-order chi connectivity index (χ0) is 15.6. The molecule has 0 amide bonds. The highest BCUT2D eigenvalue weighted by atomic mass is 16.3. The van der Waals surface area contributed by atoms with Crippen molar-refractivity contribution in [1.82, 2.24) is 10.2 Å². The summed E-state index contributed by atoms with van der Waals surface area (Å²) in [6.45, 7) is 3.74. The van der Waals surface area contributed by atoms with Crippen LogP contribution in [0.5, 0.6) is 0 Å². The predicted molar refractivity (Wildman–Crippen MR) is 94.4 cm³/mol. The SMILES string of the molecule is OC(CC1CC(NCC2CCCCC2)CN(C2CC2)C1)C1CC1. The van der Waals surface area contributed by atoms with Gasteiger partial charge in [0.15, 0.2) is 0 Å². The molecule has 0 aromatic heterocycles. The van der Waals surface area contributed by atoms with E-state index in [0.717, 1.165) is 18.4 Å². The Bertz CT molecular complexity index is 372. The lowest BCUT2D eigenvalue weighted by molar-refractivity contribution is 0.0705. The van der Waals surface area contributed by atoms with Crippen LogP contribution >= 0.6 is 0 Å². The molecule has 132 valence electrons. The van der Waals surface area contributed by atoms with Gasteiger partial charge in [0.1, 0.15) is 0 Å². The Morgan fingerprint density at radius 1 is 0.913 bits per heavy atom. The highest BCUT2D eigenvalue weighted by Crippen LogP contribution is 2.38. The average Bonchev–Trinajstić information content (AvgIpc) is 3.46. The maximum absolute atomic E-state index is 10.4. The Balaban J connectivity index is 1.27. The van der Waals surface area contributed by atoms with Crippen molar-refractivity contribution < 1.29 is 5.11 Å². The van der Waals surface area contributed by atoms with Crippen molar-refractivity contribution >= 4 is 0 Å². The number of hydrogen-bond donors (Lipinski definition) is 2. The fourth-order valence-corrected chi connectivity index (χ4v) is 5.04. The van der Waals surface area contributed by atoms with Crippen LogP contribution in [0.25, 0.3) is 0 Å². The molecule has 3 saturated carbocycles. The Labute approximate surface area is 142 Å². The molecule has 0 aromatic carbocycles. The molecule has 1 saturated heterocycles. The van der Waals surface area contributed by atoms with E-state index in [0.29, 0.717) is 17.9 Å². The van der Waals surface area contributed by atoms with E-state index in [1.807, 2.05) is 0 Å². The van der Waals surface area contributed by atoms with Crippen LogP contribution in [0.3, 0.4) is 0 Å². The van der Waals surface area contributed by atoms with Gasteiger partial charge < -0.3 is 10.4 Å². The van der Waals surface area contributed by atoms with Gasteiger partial charge in [0, 0.05) is 25.2 Å². The maximum Gasteiger partial charge on any atom is 0.0571 e. The van der Waals surface area contributed by atoms with E-state index in [2.05, 4.69) is 10.2 Å². The lowest BCUT2D eigenvalue weighted by Crippen LogP contribution is -2.51. The first-order chi connectivity index (χ1) is 11.3. The standard InChI is InChI=1S/C20H36N2O/c23-20(17-6-7-17)11-16-10-18(14-22(13-16)19-8-9-19)21-12-15-4-2-1-3-5-15/h15-21,23H,1-14H2. The van der Waals surface area contributed by atoms with Gasteiger partial charge in [-0.15, -0.1) is 0 Å². The number of likely N-dealkylation sites (tertiary alicyclic amines) is 1. The number of nitrogens with zero attached hydrogens (tertiary/aromatic N) is 1. The zero-order valence-corrected chi connectivity index (χ0v) is 14.8. The van der Waals surface area contributed by atoms with Crippen molar-refractivity contribution in [2.75, 3.05) is 19.6 Å². The van der Waals surface area contributed by atoms with Crippen LogP contribution in [0.4, 0.5) is 0 Å². The first-order valence-corrected chi connectivity index (χ1v) is 10.4. The molecule has 1 aliphatic heterocycles. The molecule has 0 radical (unpaired) electrons. The number of rotatable bonds is 7. The van der Waals surface area contributed by atoms with Gasteiger partial charge in [0.05, 0.1) is 6.10 Å². The van der Waals surface area contributed by atoms with Crippen LogP contribution in [0.1, 0.15) is 70.6 Å². The van der Waals surface area contributed by atoms with Gasteiger partial charge in [-0.25, -0.2) is 0 Å². The fourth-order valence-electron chi connectivity index (χ4n) is 5.04. The molecule has 23 heavy (non-hydrogen) atoms. The molecule has 3 unspecified atom stereocenters. The second-order valence-corrected chi connectivity index (χ2v) is 9.04. The molecule has 4 rings (SSSR count). The quantitative estimate of drug-likeness (QED) is 0.756. The predicted octanol–water partition coefficient (Wildman–Crippen LogP) is 3.17. The monoisotopic (exact) mass is 320 g/mol. The van der Waals surface area contributed by atoms with Crippen LogP contribution in [0.15, 0.2) is 0 Å². The molecule has 4 fully saturated rings. The summed E-state index contributed by atoms with van der Waals surface area (Å²) >= 11 is 0. The zero-order valence-electron chi connectivity index (χ0n) is 14.8. The Morgan fingerprint density at radius 3 is 2.39 bits per heavy atom. The molecule has 3 nitrogen and oxygen atoms in total. The summed E-state index contributed by atoms with van der Waals surface area (Å²) in [6, 6.07) is 1.54. The summed E-state index contributed by atoms with van der Waals surface area (Å²) in [4.78, 5) is 2.74. The minimum Gasteiger partial charge on any atom is -0.393 e. The molecule has 0 aromatic rings. The van der Waals surface area contributed by atoms with Gasteiger partial charge in [-0.1, -0.05) is 19.3 Å². The third kappa shape index (κ3) is 4.70. The molecule has 1 heterocycles. The van der Waals surface area contributed by atoms with E-state index >= 15 is 0 Å². The first-order valence-electron chi connectivity index (χ1n) is 10.4. The van der Waals surface area contributed by atoms with Crippen molar-refractivity contribution in [2.24, 2.45) is 17.8 Å². The molecule has 3 atom stereocenters. The summed E-state index contributed by atoms with van der Waals surface area (Å²) in [7, 11) is 0.